The molecular formula is C10H10BrNO5S. The zero-order valence-electron chi connectivity index (χ0n) is 9.09. The minimum Gasteiger partial charge on any atom is -0.478 e. The second kappa shape index (κ2) is 5.49. The lowest BCUT2D eigenvalue weighted by Crippen LogP contribution is -2.24. The number of carboxylic acid groups (broad SMARTS) is 1. The van der Waals surface area contributed by atoms with Crippen molar-refractivity contribution < 1.29 is 23.1 Å². The molecule has 0 fully saturated rings. The summed E-state index contributed by atoms with van der Waals surface area (Å²) < 4.78 is 23.4. The summed E-state index contributed by atoms with van der Waals surface area (Å²) in [4.78, 5) is 21.3. The molecule has 0 saturated carbocycles. The van der Waals surface area contributed by atoms with Gasteiger partial charge in [-0.1, -0.05) is 22.0 Å². The van der Waals surface area contributed by atoms with Crippen LogP contribution in [0.25, 0.3) is 0 Å². The van der Waals surface area contributed by atoms with Crippen LogP contribution in [0.15, 0.2) is 22.7 Å². The Kier molecular flexibility index (Phi) is 4.47. The van der Waals surface area contributed by atoms with Crippen molar-refractivity contribution in [1.29, 1.82) is 0 Å². The number of amides is 1. The summed E-state index contributed by atoms with van der Waals surface area (Å²) in [5.74, 6) is -3.15. The molecule has 0 saturated heterocycles. The molecule has 0 aliphatic heterocycles. The van der Waals surface area contributed by atoms with E-state index in [4.69, 9.17) is 10.8 Å². The Morgan fingerprint density at radius 1 is 1.33 bits per heavy atom. The third-order valence-electron chi connectivity index (χ3n) is 2.04. The molecule has 3 N–H and O–H groups in total. The number of sulfone groups is 1. The first-order valence-corrected chi connectivity index (χ1v) is 7.33. The highest BCUT2D eigenvalue weighted by molar-refractivity contribution is 9.10. The van der Waals surface area contributed by atoms with Crippen LogP contribution in [-0.4, -0.2) is 31.2 Å². The van der Waals surface area contributed by atoms with Gasteiger partial charge in [0.25, 0.3) is 0 Å². The number of primary amides is 1. The number of carboxylic acids is 1. The van der Waals surface area contributed by atoms with E-state index in [0.717, 1.165) is 0 Å². The van der Waals surface area contributed by atoms with Crippen LogP contribution in [0.2, 0.25) is 0 Å². The van der Waals surface area contributed by atoms with Crippen LogP contribution < -0.4 is 5.73 Å². The van der Waals surface area contributed by atoms with Gasteiger partial charge in [0.15, 0.2) is 9.84 Å². The van der Waals surface area contributed by atoms with Gasteiger partial charge in [0.1, 0.15) is 5.75 Å². The molecule has 6 nitrogen and oxygen atoms in total. The minimum atomic E-state index is -3.64. The highest BCUT2D eigenvalue weighted by Crippen LogP contribution is 2.21. The normalized spacial score (nSPS) is 11.2. The molecular weight excluding hydrogens is 326 g/mol. The molecule has 8 heteroatoms. The average molecular weight is 336 g/mol. The summed E-state index contributed by atoms with van der Waals surface area (Å²) in [6.07, 6.45) is 0. The Balaban J connectivity index is 2.99. The Morgan fingerprint density at radius 3 is 2.39 bits per heavy atom. The molecule has 0 spiro atoms. The maximum absolute atomic E-state index is 11.5. The molecule has 0 bridgehead atoms. The number of aromatic carboxylic acids is 1. The summed E-state index contributed by atoms with van der Waals surface area (Å²) in [6, 6.07) is 3.98. The summed E-state index contributed by atoms with van der Waals surface area (Å²) in [5.41, 5.74) is 5.24. The van der Waals surface area contributed by atoms with Gasteiger partial charge in [0.05, 0.1) is 11.3 Å². The summed E-state index contributed by atoms with van der Waals surface area (Å²) >= 11 is 3.09. The van der Waals surface area contributed by atoms with Gasteiger partial charge in [-0.25, -0.2) is 13.2 Å². The fourth-order valence-electron chi connectivity index (χ4n) is 1.30. The quantitative estimate of drug-likeness (QED) is 0.815. The van der Waals surface area contributed by atoms with E-state index in [2.05, 4.69) is 15.9 Å². The van der Waals surface area contributed by atoms with Crippen molar-refractivity contribution in [3.05, 3.63) is 33.8 Å². The van der Waals surface area contributed by atoms with E-state index in [1.807, 2.05) is 0 Å². The van der Waals surface area contributed by atoms with Crippen LogP contribution >= 0.6 is 15.9 Å². The number of rotatable bonds is 5. The van der Waals surface area contributed by atoms with Crippen LogP contribution in [0.1, 0.15) is 15.9 Å². The maximum Gasteiger partial charge on any atom is 0.335 e. The molecule has 98 valence electrons. The smallest absolute Gasteiger partial charge is 0.335 e. The molecule has 1 amide bonds. The van der Waals surface area contributed by atoms with Gasteiger partial charge >= 0.3 is 5.97 Å². The van der Waals surface area contributed by atoms with Crippen LogP contribution in [0, 0.1) is 0 Å². The van der Waals surface area contributed by atoms with Crippen molar-refractivity contribution in [2.45, 2.75) is 5.75 Å². The van der Waals surface area contributed by atoms with Crippen molar-refractivity contribution >= 4 is 37.6 Å². The topological polar surface area (TPSA) is 115 Å². The molecule has 0 aromatic heterocycles. The van der Waals surface area contributed by atoms with E-state index in [-0.39, 0.29) is 11.3 Å². The summed E-state index contributed by atoms with van der Waals surface area (Å²) in [7, 11) is -3.64. The SMILES string of the molecule is NC(=O)CS(=O)(=O)Cc1ccc(C(=O)O)cc1Br. The molecule has 0 radical (unpaired) electrons. The van der Waals surface area contributed by atoms with Gasteiger partial charge < -0.3 is 10.8 Å². The minimum absolute atomic E-state index is 0.0397. The molecule has 1 aromatic carbocycles. The van der Waals surface area contributed by atoms with E-state index in [9.17, 15) is 18.0 Å². The maximum atomic E-state index is 11.5. The fraction of sp³-hybridized carbons (Fsp3) is 0.200. The number of hydrogen-bond acceptors (Lipinski definition) is 4. The van der Waals surface area contributed by atoms with Gasteiger partial charge in [0, 0.05) is 4.47 Å². The number of carbonyl (C=O) groups is 2. The number of hydrogen-bond donors (Lipinski definition) is 2. The van der Waals surface area contributed by atoms with E-state index in [1.165, 1.54) is 18.2 Å². The Hall–Kier alpha value is -1.41. The lowest BCUT2D eigenvalue weighted by molar-refractivity contribution is -0.115. The second-order valence-electron chi connectivity index (χ2n) is 3.61. The molecule has 0 unspecified atom stereocenters. The standard InChI is InChI=1S/C10H10BrNO5S/c11-8-3-6(10(14)15)1-2-7(8)4-18(16,17)5-9(12)13/h1-3H,4-5H2,(H2,12,13)(H,14,15). The van der Waals surface area contributed by atoms with Crippen molar-refractivity contribution in [2.24, 2.45) is 5.73 Å². The van der Waals surface area contributed by atoms with Gasteiger partial charge in [-0.3, -0.25) is 4.79 Å². The predicted octanol–water partition coefficient (Wildman–Crippen LogP) is 0.547. The monoisotopic (exact) mass is 335 g/mol. The molecule has 1 aromatic rings. The zero-order chi connectivity index (χ0) is 13.9. The number of nitrogens with two attached hydrogens (primary N) is 1. The largest absolute Gasteiger partial charge is 0.478 e. The first kappa shape index (κ1) is 14.7. The lowest BCUT2D eigenvalue weighted by atomic mass is 10.1. The van der Waals surface area contributed by atoms with Crippen molar-refractivity contribution in [3.63, 3.8) is 0 Å². The number of carbonyl (C=O) groups excluding carboxylic acids is 1. The highest BCUT2D eigenvalue weighted by atomic mass is 79.9. The molecule has 0 aliphatic carbocycles. The molecule has 0 heterocycles. The van der Waals surface area contributed by atoms with E-state index < -0.39 is 27.5 Å². The molecule has 0 atom stereocenters. The fourth-order valence-corrected chi connectivity index (χ4v) is 3.27. The van der Waals surface area contributed by atoms with E-state index in [1.54, 1.807) is 0 Å². The Labute approximate surface area is 112 Å². The van der Waals surface area contributed by atoms with Gasteiger partial charge in [-0.05, 0) is 17.7 Å². The zero-order valence-corrected chi connectivity index (χ0v) is 11.5. The Morgan fingerprint density at radius 2 is 1.94 bits per heavy atom. The Bertz CT molecular complexity index is 596. The first-order valence-electron chi connectivity index (χ1n) is 4.72. The summed E-state index contributed by atoms with van der Waals surface area (Å²) in [5, 5.41) is 8.75. The third kappa shape index (κ3) is 4.11. The van der Waals surface area contributed by atoms with Crippen molar-refractivity contribution in [2.75, 3.05) is 5.75 Å². The van der Waals surface area contributed by atoms with Crippen LogP contribution in [-0.2, 0) is 20.4 Å². The van der Waals surface area contributed by atoms with Crippen LogP contribution in [0.5, 0.6) is 0 Å². The third-order valence-corrected chi connectivity index (χ3v) is 4.25. The number of halogens is 1. The summed E-state index contributed by atoms with van der Waals surface area (Å²) in [6.45, 7) is 0. The van der Waals surface area contributed by atoms with Gasteiger partial charge in [-0.2, -0.15) is 0 Å². The van der Waals surface area contributed by atoms with Crippen LogP contribution in [0.3, 0.4) is 0 Å². The molecule has 1 rings (SSSR count). The lowest BCUT2D eigenvalue weighted by Gasteiger charge is -2.06. The van der Waals surface area contributed by atoms with E-state index >= 15 is 0 Å². The van der Waals surface area contributed by atoms with Crippen LogP contribution in [0.4, 0.5) is 0 Å². The van der Waals surface area contributed by atoms with Crippen molar-refractivity contribution in [3.8, 4) is 0 Å². The van der Waals surface area contributed by atoms with Gasteiger partial charge in [-0.15, -0.1) is 0 Å². The average Bonchev–Trinajstić information content (AvgIpc) is 2.18. The van der Waals surface area contributed by atoms with Gasteiger partial charge in [0.2, 0.25) is 5.91 Å². The molecule has 0 aliphatic rings. The van der Waals surface area contributed by atoms with E-state index in [0.29, 0.717) is 10.0 Å². The predicted molar refractivity (Wildman–Crippen MR) is 67.8 cm³/mol. The molecule has 18 heavy (non-hydrogen) atoms. The second-order valence-corrected chi connectivity index (χ2v) is 6.53. The first-order chi connectivity index (χ1) is 8.21. The van der Waals surface area contributed by atoms with Crippen molar-refractivity contribution in [1.82, 2.24) is 0 Å². The number of benzene rings is 1. The highest BCUT2D eigenvalue weighted by Gasteiger charge is 2.17.